The van der Waals surface area contributed by atoms with E-state index in [0.717, 1.165) is 36.6 Å². The molecule has 0 N–H and O–H groups in total. The van der Waals surface area contributed by atoms with Gasteiger partial charge in [0.05, 0.1) is 11.4 Å². The molecule has 0 atom stereocenters. The van der Waals surface area contributed by atoms with E-state index < -0.39 is 0 Å². The molecule has 0 unspecified atom stereocenters. The van der Waals surface area contributed by atoms with Crippen LogP contribution in [0.15, 0.2) is 48.7 Å². The lowest BCUT2D eigenvalue weighted by Crippen LogP contribution is -2.14. The van der Waals surface area contributed by atoms with Crippen LogP contribution in [0.3, 0.4) is 0 Å². The summed E-state index contributed by atoms with van der Waals surface area (Å²) < 4.78 is 2.33. The van der Waals surface area contributed by atoms with Gasteiger partial charge in [-0.1, -0.05) is 37.3 Å². The number of nitrogens with zero attached hydrogens (tertiary/aromatic N) is 3. The Morgan fingerprint density at radius 1 is 1.10 bits per heavy atom. The molecule has 0 radical (unpaired) electrons. The minimum atomic E-state index is 0.979. The van der Waals surface area contributed by atoms with Crippen molar-refractivity contribution in [1.29, 1.82) is 0 Å². The van der Waals surface area contributed by atoms with E-state index in [2.05, 4.69) is 52.9 Å². The van der Waals surface area contributed by atoms with Crippen LogP contribution in [0.2, 0.25) is 0 Å². The number of hydrogen-bond donors (Lipinski definition) is 0. The summed E-state index contributed by atoms with van der Waals surface area (Å²) in [5, 5.41) is 0. The Kier molecular flexibility index (Phi) is 2.85. The van der Waals surface area contributed by atoms with Gasteiger partial charge in [-0.25, -0.2) is 4.98 Å². The predicted molar refractivity (Wildman–Crippen MR) is 84.0 cm³/mol. The molecule has 3 nitrogen and oxygen atoms in total. The molecule has 4 rings (SSSR count). The summed E-state index contributed by atoms with van der Waals surface area (Å²) >= 11 is 0. The third-order valence-electron chi connectivity index (χ3n) is 4.16. The number of hydrogen-bond acceptors (Lipinski definition) is 2. The summed E-state index contributed by atoms with van der Waals surface area (Å²) in [5.41, 5.74) is 5.87. The van der Waals surface area contributed by atoms with Crippen LogP contribution in [0.5, 0.6) is 0 Å². The molecule has 3 heterocycles. The van der Waals surface area contributed by atoms with E-state index in [1.165, 1.54) is 16.8 Å². The highest BCUT2D eigenvalue weighted by Gasteiger charge is 2.20. The van der Waals surface area contributed by atoms with Crippen LogP contribution >= 0.6 is 0 Å². The minimum Gasteiger partial charge on any atom is -0.328 e. The van der Waals surface area contributed by atoms with Crippen molar-refractivity contribution in [3.63, 3.8) is 0 Å². The number of aryl methyl sites for hydroxylation is 2. The van der Waals surface area contributed by atoms with E-state index in [9.17, 15) is 0 Å². The Balaban J connectivity index is 1.81. The van der Waals surface area contributed by atoms with Crippen molar-refractivity contribution in [1.82, 2.24) is 14.5 Å². The molecule has 1 aromatic carbocycles. The van der Waals surface area contributed by atoms with E-state index in [1.807, 2.05) is 12.3 Å². The van der Waals surface area contributed by atoms with E-state index >= 15 is 0 Å². The second kappa shape index (κ2) is 4.85. The second-order valence-corrected chi connectivity index (χ2v) is 5.39. The van der Waals surface area contributed by atoms with Crippen molar-refractivity contribution in [2.24, 2.45) is 0 Å². The average Bonchev–Trinajstić information content (AvgIpc) is 2.98. The monoisotopic (exact) mass is 275 g/mol. The molecule has 0 saturated heterocycles. The van der Waals surface area contributed by atoms with Crippen LogP contribution in [-0.4, -0.2) is 14.5 Å². The van der Waals surface area contributed by atoms with E-state index in [-0.39, 0.29) is 0 Å². The molecule has 2 aromatic heterocycles. The fraction of sp³-hybridized carbons (Fsp3) is 0.222. The molecule has 1 aliphatic heterocycles. The Bertz CT molecular complexity index is 787. The number of pyridine rings is 1. The average molecular weight is 275 g/mol. The summed E-state index contributed by atoms with van der Waals surface area (Å²) in [6.45, 7) is 3.16. The quantitative estimate of drug-likeness (QED) is 0.713. The topological polar surface area (TPSA) is 30.7 Å². The van der Waals surface area contributed by atoms with Gasteiger partial charge in [0.1, 0.15) is 5.82 Å². The normalized spacial score (nSPS) is 12.8. The SMILES string of the molecule is CCc1cnc2n1CCc1nc(-c3ccccc3)ccc1-2. The molecule has 0 fully saturated rings. The van der Waals surface area contributed by atoms with Gasteiger partial charge < -0.3 is 4.57 Å². The molecular formula is C18H17N3. The smallest absolute Gasteiger partial charge is 0.141 e. The van der Waals surface area contributed by atoms with Crippen molar-refractivity contribution in [2.75, 3.05) is 0 Å². The zero-order chi connectivity index (χ0) is 14.2. The van der Waals surface area contributed by atoms with Crippen LogP contribution in [0.25, 0.3) is 22.6 Å². The lowest BCUT2D eigenvalue weighted by Gasteiger charge is -2.19. The molecule has 1 aliphatic rings. The van der Waals surface area contributed by atoms with Gasteiger partial charge in [0.15, 0.2) is 0 Å². The van der Waals surface area contributed by atoms with Gasteiger partial charge in [-0.15, -0.1) is 0 Å². The fourth-order valence-electron chi connectivity index (χ4n) is 3.04. The van der Waals surface area contributed by atoms with Crippen LogP contribution in [0.1, 0.15) is 18.3 Å². The number of imidazole rings is 1. The highest BCUT2D eigenvalue weighted by Crippen LogP contribution is 2.30. The number of benzene rings is 1. The van der Waals surface area contributed by atoms with E-state index in [0.29, 0.717) is 0 Å². The van der Waals surface area contributed by atoms with Gasteiger partial charge in [0.2, 0.25) is 0 Å². The third kappa shape index (κ3) is 1.97. The zero-order valence-corrected chi connectivity index (χ0v) is 12.1. The first-order valence-corrected chi connectivity index (χ1v) is 7.47. The Morgan fingerprint density at radius 2 is 1.95 bits per heavy atom. The van der Waals surface area contributed by atoms with Gasteiger partial charge in [0.25, 0.3) is 0 Å². The van der Waals surface area contributed by atoms with Gasteiger partial charge in [-0.3, -0.25) is 4.98 Å². The fourth-order valence-corrected chi connectivity index (χ4v) is 3.04. The Labute approximate surface area is 124 Å². The van der Waals surface area contributed by atoms with Crippen molar-refractivity contribution in [2.45, 2.75) is 26.3 Å². The first-order chi connectivity index (χ1) is 10.4. The molecular weight excluding hydrogens is 258 g/mol. The second-order valence-electron chi connectivity index (χ2n) is 5.39. The largest absolute Gasteiger partial charge is 0.328 e. The summed E-state index contributed by atoms with van der Waals surface area (Å²) in [7, 11) is 0. The van der Waals surface area contributed by atoms with E-state index in [1.54, 1.807) is 0 Å². The maximum atomic E-state index is 4.86. The Hall–Kier alpha value is -2.42. The molecule has 0 saturated carbocycles. The molecule has 0 bridgehead atoms. The van der Waals surface area contributed by atoms with Crippen molar-refractivity contribution < 1.29 is 0 Å². The molecule has 3 heteroatoms. The number of fused-ring (bicyclic) bond motifs is 3. The van der Waals surface area contributed by atoms with Gasteiger partial charge >= 0.3 is 0 Å². The molecule has 0 aliphatic carbocycles. The van der Waals surface area contributed by atoms with Crippen LogP contribution in [0, 0.1) is 0 Å². The molecule has 0 spiro atoms. The van der Waals surface area contributed by atoms with Crippen LogP contribution < -0.4 is 0 Å². The first kappa shape index (κ1) is 12.3. The standard InChI is InChI=1S/C18H17N3/c1-2-14-12-19-18-15-8-9-16(13-6-4-3-5-7-13)20-17(15)10-11-21(14)18/h3-9,12H,2,10-11H2,1H3. The lowest BCUT2D eigenvalue weighted by atomic mass is 10.0. The maximum absolute atomic E-state index is 4.86. The Morgan fingerprint density at radius 3 is 2.76 bits per heavy atom. The summed E-state index contributed by atoms with van der Waals surface area (Å²) in [6, 6.07) is 14.6. The third-order valence-corrected chi connectivity index (χ3v) is 4.16. The summed E-state index contributed by atoms with van der Waals surface area (Å²) in [6.07, 6.45) is 4.00. The molecule has 3 aromatic rings. The first-order valence-electron chi connectivity index (χ1n) is 7.47. The predicted octanol–water partition coefficient (Wildman–Crippen LogP) is 3.73. The van der Waals surface area contributed by atoms with Gasteiger partial charge in [-0.2, -0.15) is 0 Å². The zero-order valence-electron chi connectivity index (χ0n) is 12.1. The van der Waals surface area contributed by atoms with Gasteiger partial charge in [-0.05, 0) is 18.6 Å². The van der Waals surface area contributed by atoms with Crippen molar-refractivity contribution >= 4 is 0 Å². The van der Waals surface area contributed by atoms with Crippen molar-refractivity contribution in [3.05, 3.63) is 60.0 Å². The van der Waals surface area contributed by atoms with Gasteiger partial charge in [0, 0.05) is 36.0 Å². The van der Waals surface area contributed by atoms with Crippen LogP contribution in [-0.2, 0) is 19.4 Å². The molecule has 0 amide bonds. The maximum Gasteiger partial charge on any atom is 0.141 e. The summed E-state index contributed by atoms with van der Waals surface area (Å²) in [5.74, 6) is 1.07. The molecule has 21 heavy (non-hydrogen) atoms. The van der Waals surface area contributed by atoms with E-state index in [4.69, 9.17) is 4.98 Å². The number of rotatable bonds is 2. The molecule has 104 valence electrons. The highest BCUT2D eigenvalue weighted by atomic mass is 15.1. The highest BCUT2D eigenvalue weighted by molar-refractivity contribution is 5.67. The number of aromatic nitrogens is 3. The van der Waals surface area contributed by atoms with Crippen LogP contribution in [0.4, 0.5) is 0 Å². The summed E-state index contributed by atoms with van der Waals surface area (Å²) in [4.78, 5) is 9.46. The van der Waals surface area contributed by atoms with Crippen molar-refractivity contribution in [3.8, 4) is 22.6 Å². The lowest BCUT2D eigenvalue weighted by molar-refractivity contribution is 0.644. The minimum absolute atomic E-state index is 0.979.